The monoisotopic (exact) mass is 300 g/mol. The van der Waals surface area contributed by atoms with Gasteiger partial charge in [0.25, 0.3) is 0 Å². The van der Waals surface area contributed by atoms with Gasteiger partial charge in [0.1, 0.15) is 0 Å². The highest BCUT2D eigenvalue weighted by molar-refractivity contribution is 9.09. The standard InChI is InChI=1S/C16H29Br/c1-2-3-4-5-6-7-8-9-10-11-12-13-14-15-16-17/h3-6H,2,7-16H2,1H3. The van der Waals surface area contributed by atoms with Gasteiger partial charge in [-0.3, -0.25) is 0 Å². The number of allylic oxidation sites excluding steroid dienone is 4. The van der Waals surface area contributed by atoms with Gasteiger partial charge in [-0.1, -0.05) is 85.7 Å². The largest absolute Gasteiger partial charge is 0.0928 e. The molecule has 1 heteroatoms. The second kappa shape index (κ2) is 16.0. The maximum absolute atomic E-state index is 3.47. The summed E-state index contributed by atoms with van der Waals surface area (Å²) in [7, 11) is 0. The Hall–Kier alpha value is -0.0400. The second-order valence-corrected chi connectivity index (χ2v) is 5.36. The normalized spacial score (nSPS) is 11.9. The van der Waals surface area contributed by atoms with Crippen LogP contribution < -0.4 is 0 Å². The summed E-state index contributed by atoms with van der Waals surface area (Å²) < 4.78 is 0. The van der Waals surface area contributed by atoms with Crippen molar-refractivity contribution in [3.05, 3.63) is 24.3 Å². The Labute approximate surface area is 117 Å². The summed E-state index contributed by atoms with van der Waals surface area (Å²) in [5.74, 6) is 0. The Morgan fingerprint density at radius 2 is 1.24 bits per heavy atom. The van der Waals surface area contributed by atoms with Crippen molar-refractivity contribution in [3.63, 3.8) is 0 Å². The minimum atomic E-state index is 1.14. The van der Waals surface area contributed by atoms with Crippen LogP contribution in [-0.4, -0.2) is 5.33 Å². The van der Waals surface area contributed by atoms with Crippen molar-refractivity contribution >= 4 is 15.9 Å². The van der Waals surface area contributed by atoms with E-state index in [1.165, 1.54) is 63.1 Å². The van der Waals surface area contributed by atoms with Crippen LogP contribution in [0.5, 0.6) is 0 Å². The van der Waals surface area contributed by atoms with Gasteiger partial charge in [0, 0.05) is 5.33 Å². The minimum Gasteiger partial charge on any atom is -0.0928 e. The average Bonchev–Trinajstić information content (AvgIpc) is 2.35. The lowest BCUT2D eigenvalue weighted by atomic mass is 10.1. The summed E-state index contributed by atoms with van der Waals surface area (Å²) >= 11 is 3.47. The number of halogens is 1. The highest BCUT2D eigenvalue weighted by Gasteiger charge is 1.91. The number of hydrogen-bond acceptors (Lipinski definition) is 0. The molecule has 0 aliphatic carbocycles. The van der Waals surface area contributed by atoms with Gasteiger partial charge in [-0.2, -0.15) is 0 Å². The molecule has 0 unspecified atom stereocenters. The molecule has 0 aliphatic rings. The molecule has 0 saturated carbocycles. The van der Waals surface area contributed by atoms with Gasteiger partial charge in [-0.05, 0) is 25.7 Å². The minimum absolute atomic E-state index is 1.14. The lowest BCUT2D eigenvalue weighted by Gasteiger charge is -2.00. The Kier molecular flexibility index (Phi) is 15.9. The second-order valence-electron chi connectivity index (χ2n) is 4.57. The quantitative estimate of drug-likeness (QED) is 0.222. The van der Waals surface area contributed by atoms with E-state index < -0.39 is 0 Å². The van der Waals surface area contributed by atoms with Crippen LogP contribution in [0.2, 0.25) is 0 Å². The third-order valence-electron chi connectivity index (χ3n) is 2.87. The van der Waals surface area contributed by atoms with Crippen LogP contribution in [0.3, 0.4) is 0 Å². The van der Waals surface area contributed by atoms with E-state index in [1.807, 2.05) is 0 Å². The molecule has 0 heterocycles. The van der Waals surface area contributed by atoms with Gasteiger partial charge in [0.15, 0.2) is 0 Å². The fourth-order valence-electron chi connectivity index (χ4n) is 1.81. The van der Waals surface area contributed by atoms with E-state index in [4.69, 9.17) is 0 Å². The molecule has 0 nitrogen and oxygen atoms in total. The van der Waals surface area contributed by atoms with Crippen LogP contribution in [0, 0.1) is 0 Å². The van der Waals surface area contributed by atoms with E-state index in [0.717, 1.165) is 6.42 Å². The van der Waals surface area contributed by atoms with Crippen molar-refractivity contribution in [2.45, 2.75) is 71.1 Å². The fraction of sp³-hybridized carbons (Fsp3) is 0.750. The molecule has 0 bridgehead atoms. The molecular weight excluding hydrogens is 272 g/mol. The number of unbranched alkanes of at least 4 members (excludes halogenated alkanes) is 8. The molecular formula is C16H29Br. The van der Waals surface area contributed by atoms with Crippen LogP contribution >= 0.6 is 15.9 Å². The van der Waals surface area contributed by atoms with Gasteiger partial charge < -0.3 is 0 Å². The van der Waals surface area contributed by atoms with E-state index >= 15 is 0 Å². The highest BCUT2D eigenvalue weighted by Crippen LogP contribution is 2.10. The first kappa shape index (κ1) is 17.0. The van der Waals surface area contributed by atoms with Crippen molar-refractivity contribution in [1.82, 2.24) is 0 Å². The zero-order chi connectivity index (χ0) is 12.6. The number of rotatable bonds is 12. The molecule has 0 fully saturated rings. The van der Waals surface area contributed by atoms with E-state index in [9.17, 15) is 0 Å². The van der Waals surface area contributed by atoms with Crippen LogP contribution in [0.1, 0.15) is 71.1 Å². The van der Waals surface area contributed by atoms with Gasteiger partial charge >= 0.3 is 0 Å². The first-order chi connectivity index (χ1) is 8.41. The molecule has 0 atom stereocenters. The molecule has 0 aromatic carbocycles. The lowest BCUT2D eigenvalue weighted by Crippen LogP contribution is -1.81. The summed E-state index contributed by atoms with van der Waals surface area (Å²) in [6.07, 6.45) is 22.4. The molecule has 0 amide bonds. The van der Waals surface area contributed by atoms with Crippen LogP contribution in [-0.2, 0) is 0 Å². The smallest absolute Gasteiger partial charge is 0.00313 e. The van der Waals surface area contributed by atoms with Gasteiger partial charge in [0.2, 0.25) is 0 Å². The van der Waals surface area contributed by atoms with Crippen molar-refractivity contribution < 1.29 is 0 Å². The van der Waals surface area contributed by atoms with Crippen molar-refractivity contribution in [2.75, 3.05) is 5.33 Å². The Bertz CT molecular complexity index is 182. The third-order valence-corrected chi connectivity index (χ3v) is 3.43. The first-order valence-electron chi connectivity index (χ1n) is 7.29. The summed E-state index contributed by atoms with van der Waals surface area (Å²) in [4.78, 5) is 0. The Morgan fingerprint density at radius 3 is 1.82 bits per heavy atom. The molecule has 100 valence electrons. The van der Waals surface area contributed by atoms with Crippen LogP contribution in [0.25, 0.3) is 0 Å². The molecule has 0 aliphatic heterocycles. The predicted octanol–water partition coefficient (Wildman–Crippen LogP) is 6.41. The van der Waals surface area contributed by atoms with Crippen LogP contribution in [0.4, 0.5) is 0 Å². The average molecular weight is 301 g/mol. The third kappa shape index (κ3) is 16.0. The Balaban J connectivity index is 3.03. The van der Waals surface area contributed by atoms with Gasteiger partial charge in [-0.15, -0.1) is 0 Å². The molecule has 17 heavy (non-hydrogen) atoms. The molecule has 0 N–H and O–H groups in total. The predicted molar refractivity (Wildman–Crippen MR) is 83.9 cm³/mol. The topological polar surface area (TPSA) is 0 Å². The summed E-state index contributed by atoms with van der Waals surface area (Å²) in [6, 6.07) is 0. The zero-order valence-electron chi connectivity index (χ0n) is 11.5. The van der Waals surface area contributed by atoms with E-state index in [1.54, 1.807) is 0 Å². The highest BCUT2D eigenvalue weighted by atomic mass is 79.9. The zero-order valence-corrected chi connectivity index (χ0v) is 13.1. The van der Waals surface area contributed by atoms with E-state index in [0.29, 0.717) is 0 Å². The van der Waals surface area contributed by atoms with Crippen molar-refractivity contribution in [3.8, 4) is 0 Å². The first-order valence-corrected chi connectivity index (χ1v) is 8.41. The van der Waals surface area contributed by atoms with Crippen molar-refractivity contribution in [1.29, 1.82) is 0 Å². The van der Waals surface area contributed by atoms with Gasteiger partial charge in [0.05, 0.1) is 0 Å². The van der Waals surface area contributed by atoms with E-state index in [-0.39, 0.29) is 0 Å². The summed E-state index contributed by atoms with van der Waals surface area (Å²) in [6.45, 7) is 2.17. The molecule has 0 aromatic rings. The SMILES string of the molecule is CCC=CC=CCCCCCCCCCCBr. The maximum Gasteiger partial charge on any atom is 0.00313 e. The molecule has 0 spiro atoms. The molecule has 0 saturated heterocycles. The lowest BCUT2D eigenvalue weighted by molar-refractivity contribution is 0.579. The molecule has 0 aromatic heterocycles. The maximum atomic E-state index is 3.47. The summed E-state index contributed by atoms with van der Waals surface area (Å²) in [5, 5.41) is 1.17. The Morgan fingerprint density at radius 1 is 0.706 bits per heavy atom. The molecule has 0 radical (unpaired) electrons. The molecule has 0 rings (SSSR count). The summed E-state index contributed by atoms with van der Waals surface area (Å²) in [5.41, 5.74) is 0. The fourth-order valence-corrected chi connectivity index (χ4v) is 2.20. The number of hydrogen-bond donors (Lipinski definition) is 0. The van der Waals surface area contributed by atoms with Gasteiger partial charge in [-0.25, -0.2) is 0 Å². The number of alkyl halides is 1. The van der Waals surface area contributed by atoms with Crippen molar-refractivity contribution in [2.24, 2.45) is 0 Å². The van der Waals surface area contributed by atoms with E-state index in [2.05, 4.69) is 47.2 Å². The van der Waals surface area contributed by atoms with Crippen LogP contribution in [0.15, 0.2) is 24.3 Å².